The number of rotatable bonds is 6. The zero-order valence-electron chi connectivity index (χ0n) is 10.4. The number of urea groups is 1. The van der Waals surface area contributed by atoms with Gasteiger partial charge in [-0.15, -0.1) is 0 Å². The molecule has 0 spiro atoms. The number of hydrogen-bond donors (Lipinski definition) is 2. The SMILES string of the molecule is CCCCCNC(=O)N1CCC(CC(=O)O)C1. The second-order valence-electron chi connectivity index (χ2n) is 4.64. The van der Waals surface area contributed by atoms with Gasteiger partial charge >= 0.3 is 12.0 Å². The normalized spacial score (nSPS) is 19.4. The molecule has 1 heterocycles. The molecule has 0 saturated carbocycles. The monoisotopic (exact) mass is 242 g/mol. The largest absolute Gasteiger partial charge is 0.481 e. The topological polar surface area (TPSA) is 69.6 Å². The van der Waals surface area contributed by atoms with Crippen LogP contribution in [0.25, 0.3) is 0 Å². The first-order valence-electron chi connectivity index (χ1n) is 6.38. The molecule has 1 aliphatic rings. The molecule has 0 aliphatic carbocycles. The highest BCUT2D eigenvalue weighted by Gasteiger charge is 2.27. The second kappa shape index (κ2) is 7.14. The van der Waals surface area contributed by atoms with E-state index in [-0.39, 0.29) is 18.4 Å². The molecule has 5 nitrogen and oxygen atoms in total. The number of carboxylic acids is 1. The van der Waals surface area contributed by atoms with Gasteiger partial charge in [-0.25, -0.2) is 4.79 Å². The Kier molecular flexibility index (Phi) is 5.80. The fourth-order valence-electron chi connectivity index (χ4n) is 2.11. The van der Waals surface area contributed by atoms with Gasteiger partial charge in [0.2, 0.25) is 0 Å². The van der Waals surface area contributed by atoms with Gasteiger partial charge in [-0.2, -0.15) is 0 Å². The lowest BCUT2D eigenvalue weighted by Crippen LogP contribution is -2.39. The average molecular weight is 242 g/mol. The van der Waals surface area contributed by atoms with E-state index in [4.69, 9.17) is 5.11 Å². The molecular weight excluding hydrogens is 220 g/mol. The summed E-state index contributed by atoms with van der Waals surface area (Å²) in [7, 11) is 0. The number of carbonyl (C=O) groups is 2. The van der Waals surface area contributed by atoms with E-state index in [1.165, 1.54) is 0 Å². The van der Waals surface area contributed by atoms with Gasteiger partial charge in [0, 0.05) is 26.1 Å². The van der Waals surface area contributed by atoms with Crippen LogP contribution < -0.4 is 5.32 Å². The first-order chi connectivity index (χ1) is 8.13. The predicted molar refractivity (Wildman–Crippen MR) is 64.9 cm³/mol. The predicted octanol–water partition coefficient (Wildman–Crippen LogP) is 1.68. The highest BCUT2D eigenvalue weighted by molar-refractivity contribution is 5.74. The fraction of sp³-hybridized carbons (Fsp3) is 0.833. The summed E-state index contributed by atoms with van der Waals surface area (Å²) in [6, 6.07) is -0.0472. The summed E-state index contributed by atoms with van der Waals surface area (Å²) in [5.41, 5.74) is 0. The van der Waals surface area contributed by atoms with Crippen molar-refractivity contribution in [3.8, 4) is 0 Å². The van der Waals surface area contributed by atoms with Gasteiger partial charge in [-0.3, -0.25) is 4.79 Å². The van der Waals surface area contributed by atoms with Crippen molar-refractivity contribution in [3.05, 3.63) is 0 Å². The summed E-state index contributed by atoms with van der Waals surface area (Å²) in [6.45, 7) is 4.09. The van der Waals surface area contributed by atoms with Crippen LogP contribution in [0.15, 0.2) is 0 Å². The molecule has 1 unspecified atom stereocenters. The van der Waals surface area contributed by atoms with Crippen molar-refractivity contribution in [1.29, 1.82) is 0 Å². The van der Waals surface area contributed by atoms with Crippen molar-refractivity contribution in [2.45, 2.75) is 39.0 Å². The van der Waals surface area contributed by atoms with Crippen LogP contribution in [0, 0.1) is 5.92 Å². The minimum absolute atomic E-state index is 0.0472. The molecule has 1 atom stereocenters. The first kappa shape index (κ1) is 13.8. The molecule has 2 amide bonds. The third kappa shape index (κ3) is 5.06. The number of amides is 2. The first-order valence-corrected chi connectivity index (χ1v) is 6.38. The third-order valence-corrected chi connectivity index (χ3v) is 3.09. The molecule has 2 N–H and O–H groups in total. The van der Waals surface area contributed by atoms with Crippen molar-refractivity contribution in [1.82, 2.24) is 10.2 Å². The lowest BCUT2D eigenvalue weighted by Gasteiger charge is -2.17. The Morgan fingerprint density at radius 3 is 2.82 bits per heavy atom. The van der Waals surface area contributed by atoms with Gasteiger partial charge in [0.25, 0.3) is 0 Å². The van der Waals surface area contributed by atoms with Crippen LogP contribution in [-0.4, -0.2) is 41.6 Å². The van der Waals surface area contributed by atoms with E-state index in [9.17, 15) is 9.59 Å². The summed E-state index contributed by atoms with van der Waals surface area (Å²) in [6.07, 6.45) is 4.24. The van der Waals surface area contributed by atoms with Gasteiger partial charge in [0.05, 0.1) is 0 Å². The average Bonchev–Trinajstić information content (AvgIpc) is 2.71. The molecule has 0 aromatic rings. The molecule has 0 aromatic heterocycles. The Morgan fingerprint density at radius 1 is 1.41 bits per heavy atom. The molecule has 1 saturated heterocycles. The lowest BCUT2D eigenvalue weighted by molar-refractivity contribution is -0.138. The van der Waals surface area contributed by atoms with Crippen LogP contribution in [0.1, 0.15) is 39.0 Å². The standard InChI is InChI=1S/C12H22N2O3/c1-2-3-4-6-13-12(17)14-7-5-10(9-14)8-11(15)16/h10H,2-9H2,1H3,(H,13,17)(H,15,16). The van der Waals surface area contributed by atoms with Crippen LogP contribution in [0.2, 0.25) is 0 Å². The van der Waals surface area contributed by atoms with Crippen LogP contribution in [0.3, 0.4) is 0 Å². The van der Waals surface area contributed by atoms with Gasteiger partial charge < -0.3 is 15.3 Å². The molecule has 0 radical (unpaired) electrons. The van der Waals surface area contributed by atoms with Crippen LogP contribution in [-0.2, 0) is 4.79 Å². The van der Waals surface area contributed by atoms with E-state index in [1.54, 1.807) is 4.90 Å². The molecule has 17 heavy (non-hydrogen) atoms. The van der Waals surface area contributed by atoms with Crippen molar-refractivity contribution in [2.75, 3.05) is 19.6 Å². The molecule has 0 aromatic carbocycles. The Morgan fingerprint density at radius 2 is 2.18 bits per heavy atom. The summed E-state index contributed by atoms with van der Waals surface area (Å²) < 4.78 is 0. The number of unbranched alkanes of at least 4 members (excludes halogenated alkanes) is 2. The number of nitrogens with zero attached hydrogens (tertiary/aromatic N) is 1. The van der Waals surface area contributed by atoms with Crippen molar-refractivity contribution >= 4 is 12.0 Å². The molecule has 1 rings (SSSR count). The smallest absolute Gasteiger partial charge is 0.317 e. The Hall–Kier alpha value is -1.26. The molecule has 1 aliphatic heterocycles. The maximum Gasteiger partial charge on any atom is 0.317 e. The van der Waals surface area contributed by atoms with E-state index < -0.39 is 5.97 Å². The summed E-state index contributed by atoms with van der Waals surface area (Å²) in [5.74, 6) is -0.658. The Labute approximate surface area is 102 Å². The van der Waals surface area contributed by atoms with Gasteiger partial charge in [0.15, 0.2) is 0 Å². The highest BCUT2D eigenvalue weighted by Crippen LogP contribution is 2.19. The zero-order valence-corrected chi connectivity index (χ0v) is 10.4. The minimum Gasteiger partial charge on any atom is -0.481 e. The molecular formula is C12H22N2O3. The lowest BCUT2D eigenvalue weighted by atomic mass is 10.1. The van der Waals surface area contributed by atoms with Crippen molar-refractivity contribution in [3.63, 3.8) is 0 Å². The van der Waals surface area contributed by atoms with Gasteiger partial charge in [-0.1, -0.05) is 19.8 Å². The number of likely N-dealkylation sites (tertiary alicyclic amines) is 1. The van der Waals surface area contributed by atoms with E-state index in [2.05, 4.69) is 12.2 Å². The molecule has 1 fully saturated rings. The van der Waals surface area contributed by atoms with Crippen molar-refractivity contribution in [2.24, 2.45) is 5.92 Å². The quantitative estimate of drug-likeness (QED) is 0.696. The van der Waals surface area contributed by atoms with E-state index in [0.717, 1.165) is 25.7 Å². The van der Waals surface area contributed by atoms with Crippen molar-refractivity contribution < 1.29 is 14.7 Å². The Balaban J connectivity index is 2.18. The number of nitrogens with one attached hydrogen (secondary N) is 1. The maximum atomic E-state index is 11.7. The fourth-order valence-corrected chi connectivity index (χ4v) is 2.11. The number of aliphatic carboxylic acids is 1. The van der Waals surface area contributed by atoms with Gasteiger partial charge in [-0.05, 0) is 18.8 Å². The van der Waals surface area contributed by atoms with Crippen LogP contribution in [0.4, 0.5) is 4.79 Å². The van der Waals surface area contributed by atoms with Crippen LogP contribution >= 0.6 is 0 Å². The molecule has 5 heteroatoms. The number of carboxylic acid groups (broad SMARTS) is 1. The summed E-state index contributed by atoms with van der Waals surface area (Å²) >= 11 is 0. The number of carbonyl (C=O) groups excluding carboxylic acids is 1. The maximum absolute atomic E-state index is 11.7. The molecule has 98 valence electrons. The second-order valence-corrected chi connectivity index (χ2v) is 4.64. The zero-order chi connectivity index (χ0) is 12.7. The van der Waals surface area contributed by atoms with E-state index >= 15 is 0 Å². The van der Waals surface area contributed by atoms with E-state index in [0.29, 0.717) is 19.6 Å². The third-order valence-electron chi connectivity index (χ3n) is 3.09. The Bertz CT molecular complexity index is 268. The number of hydrogen-bond acceptors (Lipinski definition) is 2. The van der Waals surface area contributed by atoms with E-state index in [1.807, 2.05) is 0 Å². The van der Waals surface area contributed by atoms with Crippen LogP contribution in [0.5, 0.6) is 0 Å². The summed E-state index contributed by atoms with van der Waals surface area (Å²) in [4.78, 5) is 24.0. The molecule has 0 bridgehead atoms. The highest BCUT2D eigenvalue weighted by atomic mass is 16.4. The minimum atomic E-state index is -0.778. The summed E-state index contributed by atoms with van der Waals surface area (Å²) in [5, 5.41) is 11.6. The van der Waals surface area contributed by atoms with Gasteiger partial charge in [0.1, 0.15) is 0 Å².